The molecular weight excluding hydrogens is 423 g/mol. The number of halogens is 1. The Labute approximate surface area is 195 Å². The third-order valence-corrected chi connectivity index (χ3v) is 6.18. The van der Waals surface area contributed by atoms with Crippen LogP contribution in [0.1, 0.15) is 48.8 Å². The molecule has 0 radical (unpaired) electrons. The molecule has 1 saturated heterocycles. The summed E-state index contributed by atoms with van der Waals surface area (Å²) < 4.78 is 24.7. The number of nitrogens with zero attached hydrogens (tertiary/aromatic N) is 2. The molecule has 1 aliphatic rings. The molecule has 0 N–H and O–H groups in total. The van der Waals surface area contributed by atoms with Crippen LogP contribution in [0.3, 0.4) is 0 Å². The van der Waals surface area contributed by atoms with E-state index in [2.05, 4.69) is 0 Å². The van der Waals surface area contributed by atoms with Crippen LogP contribution < -0.4 is 0 Å². The third kappa shape index (κ3) is 6.46. The van der Waals surface area contributed by atoms with Gasteiger partial charge in [0, 0.05) is 32.1 Å². The Hall–Kier alpha value is -3.09. The van der Waals surface area contributed by atoms with Crippen molar-refractivity contribution in [2.45, 2.75) is 51.7 Å². The van der Waals surface area contributed by atoms with Gasteiger partial charge in [-0.3, -0.25) is 0 Å². The average Bonchev–Trinajstić information content (AvgIpc) is 2.82. The fourth-order valence-electron chi connectivity index (χ4n) is 4.28. The second-order valence-corrected chi connectivity index (χ2v) is 8.53. The maximum absolute atomic E-state index is 13.8. The average molecular weight is 457 g/mol. The number of rotatable bonds is 7. The fourth-order valence-corrected chi connectivity index (χ4v) is 4.28. The lowest BCUT2D eigenvalue weighted by Gasteiger charge is -2.42. The van der Waals surface area contributed by atoms with Crippen LogP contribution in [0.25, 0.3) is 0 Å². The van der Waals surface area contributed by atoms with Gasteiger partial charge in [0.2, 0.25) is 0 Å². The number of likely N-dealkylation sites (tertiary alicyclic amines) is 1. The lowest BCUT2D eigenvalue weighted by Crippen LogP contribution is -2.52. The van der Waals surface area contributed by atoms with E-state index in [0.29, 0.717) is 26.1 Å². The zero-order valence-electron chi connectivity index (χ0n) is 19.6. The number of amides is 2. The first-order valence-electron chi connectivity index (χ1n) is 11.5. The Morgan fingerprint density at radius 2 is 1.91 bits per heavy atom. The molecular formula is C26H33FN2O4. The van der Waals surface area contributed by atoms with E-state index in [1.54, 1.807) is 22.9 Å². The van der Waals surface area contributed by atoms with Crippen LogP contribution in [0.5, 0.6) is 0 Å². The number of carbonyl (C=O) groups excluding carboxylic acids is 2. The summed E-state index contributed by atoms with van der Waals surface area (Å²) in [7, 11) is 1.72. The Balaban J connectivity index is 1.75. The third-order valence-electron chi connectivity index (χ3n) is 6.18. The van der Waals surface area contributed by atoms with Crippen LogP contribution in [0.2, 0.25) is 0 Å². The van der Waals surface area contributed by atoms with Gasteiger partial charge in [0.1, 0.15) is 12.4 Å². The molecule has 2 aromatic rings. The summed E-state index contributed by atoms with van der Waals surface area (Å²) in [5, 5.41) is 0. The highest BCUT2D eigenvalue weighted by molar-refractivity contribution is 5.69. The molecule has 7 heteroatoms. The lowest BCUT2D eigenvalue weighted by atomic mass is 9.83. The van der Waals surface area contributed by atoms with Crippen molar-refractivity contribution in [2.75, 3.05) is 26.7 Å². The zero-order valence-corrected chi connectivity index (χ0v) is 19.6. The van der Waals surface area contributed by atoms with Crippen molar-refractivity contribution in [3.05, 3.63) is 71.0 Å². The van der Waals surface area contributed by atoms with Crippen LogP contribution in [0, 0.1) is 12.7 Å². The van der Waals surface area contributed by atoms with Crippen molar-refractivity contribution < 1.29 is 23.5 Å². The highest BCUT2D eigenvalue weighted by Crippen LogP contribution is 2.33. The molecule has 33 heavy (non-hydrogen) atoms. The van der Waals surface area contributed by atoms with Crippen molar-refractivity contribution >= 4 is 12.2 Å². The van der Waals surface area contributed by atoms with Crippen LogP contribution in [0.15, 0.2) is 48.5 Å². The number of carbonyl (C=O) groups is 2. The molecule has 0 aromatic heterocycles. The minimum absolute atomic E-state index is 0.187. The second kappa shape index (κ2) is 11.7. The molecule has 2 atom stereocenters. The normalized spacial score (nSPS) is 18.0. The first-order valence-corrected chi connectivity index (χ1v) is 11.5. The van der Waals surface area contributed by atoms with Crippen LogP contribution in [0.4, 0.5) is 14.0 Å². The van der Waals surface area contributed by atoms with Crippen molar-refractivity contribution in [1.29, 1.82) is 0 Å². The van der Waals surface area contributed by atoms with Gasteiger partial charge in [0.25, 0.3) is 0 Å². The van der Waals surface area contributed by atoms with Crippen molar-refractivity contribution in [2.24, 2.45) is 0 Å². The first-order chi connectivity index (χ1) is 15.9. The van der Waals surface area contributed by atoms with Gasteiger partial charge in [-0.05, 0) is 48.6 Å². The van der Waals surface area contributed by atoms with E-state index in [1.807, 2.05) is 44.2 Å². The molecule has 1 heterocycles. The Kier molecular flexibility index (Phi) is 8.69. The number of hydrogen-bond donors (Lipinski definition) is 0. The van der Waals surface area contributed by atoms with Gasteiger partial charge in [-0.25, -0.2) is 14.0 Å². The summed E-state index contributed by atoms with van der Waals surface area (Å²) >= 11 is 0. The number of likely N-dealkylation sites (N-methyl/N-ethyl adjacent to an activating group) is 1. The largest absolute Gasteiger partial charge is 0.449 e. The SMILES string of the molecule is CCCCOC(=O)N1CC[C@H](N(C)C(=O)OCc2ccccc2)[C@@H](c2ccc(F)cc2C)C1. The Bertz CT molecular complexity index is 937. The Morgan fingerprint density at radius 1 is 1.15 bits per heavy atom. The van der Waals surface area contributed by atoms with E-state index in [1.165, 1.54) is 12.1 Å². The summed E-state index contributed by atoms with van der Waals surface area (Å²) in [5.74, 6) is -0.498. The van der Waals surface area contributed by atoms with Gasteiger partial charge < -0.3 is 19.3 Å². The molecule has 6 nitrogen and oxygen atoms in total. The van der Waals surface area contributed by atoms with Crippen LogP contribution in [-0.4, -0.2) is 54.8 Å². The number of benzene rings is 2. The zero-order chi connectivity index (χ0) is 23.8. The topological polar surface area (TPSA) is 59.1 Å². The van der Waals surface area contributed by atoms with Gasteiger partial charge >= 0.3 is 12.2 Å². The predicted octanol–water partition coefficient (Wildman–Crippen LogP) is 5.50. The molecule has 1 fully saturated rings. The highest BCUT2D eigenvalue weighted by Gasteiger charge is 2.38. The summed E-state index contributed by atoms with van der Waals surface area (Å²) in [6, 6.07) is 14.0. The fraction of sp³-hybridized carbons (Fsp3) is 0.462. The van der Waals surface area contributed by atoms with Crippen molar-refractivity contribution in [1.82, 2.24) is 9.80 Å². The van der Waals surface area contributed by atoms with Gasteiger partial charge in [0.05, 0.1) is 6.61 Å². The quantitative estimate of drug-likeness (QED) is 0.517. The Morgan fingerprint density at radius 3 is 2.61 bits per heavy atom. The number of unbranched alkanes of at least 4 members (excludes halogenated alkanes) is 1. The minimum Gasteiger partial charge on any atom is -0.449 e. The van der Waals surface area contributed by atoms with E-state index in [9.17, 15) is 14.0 Å². The molecule has 0 aliphatic carbocycles. The standard InChI is InChI=1S/C26H33FN2O4/c1-4-5-15-32-26(31)29-14-13-24(23(17-29)22-12-11-21(27)16-19(22)2)28(3)25(30)33-18-20-9-7-6-8-10-20/h6-12,16,23-24H,4-5,13-15,17-18H2,1-3H3/t23-,24+/m1/s1. The smallest absolute Gasteiger partial charge is 0.410 e. The van der Waals surface area contributed by atoms with Crippen LogP contribution >= 0.6 is 0 Å². The highest BCUT2D eigenvalue weighted by atomic mass is 19.1. The van der Waals surface area contributed by atoms with Gasteiger partial charge in [0.15, 0.2) is 0 Å². The maximum atomic E-state index is 13.8. The summed E-state index contributed by atoms with van der Waals surface area (Å²) in [5.41, 5.74) is 2.61. The number of hydrogen-bond acceptors (Lipinski definition) is 4. The molecule has 3 rings (SSSR count). The molecule has 2 aromatic carbocycles. The summed E-state index contributed by atoms with van der Waals surface area (Å²) in [6.45, 7) is 5.33. The summed E-state index contributed by atoms with van der Waals surface area (Å²) in [6.07, 6.45) is 1.57. The molecule has 0 unspecified atom stereocenters. The van der Waals surface area contributed by atoms with Crippen molar-refractivity contribution in [3.63, 3.8) is 0 Å². The van der Waals surface area contributed by atoms with Gasteiger partial charge in [-0.15, -0.1) is 0 Å². The molecule has 2 amide bonds. The van der Waals surface area contributed by atoms with E-state index in [4.69, 9.17) is 9.47 Å². The predicted molar refractivity (Wildman–Crippen MR) is 125 cm³/mol. The van der Waals surface area contributed by atoms with E-state index in [0.717, 1.165) is 29.5 Å². The van der Waals surface area contributed by atoms with E-state index < -0.39 is 6.09 Å². The van der Waals surface area contributed by atoms with Gasteiger partial charge in [-0.2, -0.15) is 0 Å². The molecule has 178 valence electrons. The number of ether oxygens (including phenoxy) is 2. The van der Waals surface area contributed by atoms with Crippen LogP contribution in [-0.2, 0) is 16.1 Å². The second-order valence-electron chi connectivity index (χ2n) is 8.53. The molecule has 1 aliphatic heterocycles. The molecule has 0 saturated carbocycles. The molecule has 0 spiro atoms. The van der Waals surface area contributed by atoms with Crippen molar-refractivity contribution in [3.8, 4) is 0 Å². The minimum atomic E-state index is -0.424. The number of piperidine rings is 1. The number of aryl methyl sites for hydroxylation is 1. The summed E-state index contributed by atoms with van der Waals surface area (Å²) in [4.78, 5) is 28.7. The van der Waals surface area contributed by atoms with E-state index in [-0.39, 0.29) is 30.5 Å². The monoisotopic (exact) mass is 456 g/mol. The van der Waals surface area contributed by atoms with E-state index >= 15 is 0 Å². The maximum Gasteiger partial charge on any atom is 0.410 e. The van der Waals surface area contributed by atoms with Gasteiger partial charge in [-0.1, -0.05) is 49.7 Å². The first kappa shape index (κ1) is 24.6. The lowest BCUT2D eigenvalue weighted by molar-refractivity contribution is 0.0534. The molecule has 0 bridgehead atoms.